The second-order valence-corrected chi connectivity index (χ2v) is 7.16. The van der Waals surface area contributed by atoms with Crippen LogP contribution in [-0.2, 0) is 6.54 Å². The van der Waals surface area contributed by atoms with Gasteiger partial charge in [-0.3, -0.25) is 9.48 Å². The number of anilines is 2. The highest BCUT2D eigenvalue weighted by Crippen LogP contribution is 2.24. The largest absolute Gasteiger partial charge is 0.332 e. The van der Waals surface area contributed by atoms with E-state index >= 15 is 0 Å². The molecule has 2 aromatic carbocycles. The molecule has 2 N–H and O–H groups in total. The fourth-order valence-corrected chi connectivity index (χ4v) is 3.13. The Morgan fingerprint density at radius 3 is 2.64 bits per heavy atom. The number of nitrogens with one attached hydrogen (secondary N) is 2. The summed E-state index contributed by atoms with van der Waals surface area (Å²) in [6, 6.07) is 11.4. The van der Waals surface area contributed by atoms with Gasteiger partial charge < -0.3 is 10.6 Å². The van der Waals surface area contributed by atoms with E-state index in [1.807, 2.05) is 0 Å². The predicted octanol–water partition coefficient (Wildman–Crippen LogP) is 5.39. The molecule has 0 bridgehead atoms. The van der Waals surface area contributed by atoms with Gasteiger partial charge in [-0.2, -0.15) is 5.10 Å². The van der Waals surface area contributed by atoms with Crippen molar-refractivity contribution in [2.45, 2.75) is 13.5 Å². The van der Waals surface area contributed by atoms with Crippen molar-refractivity contribution in [2.75, 3.05) is 10.6 Å². The fraction of sp³-hybridized carbons (Fsp3) is 0.105. The minimum absolute atomic E-state index is 0.0453. The van der Waals surface area contributed by atoms with Gasteiger partial charge >= 0.3 is 0 Å². The van der Waals surface area contributed by atoms with Crippen LogP contribution in [0.25, 0.3) is 0 Å². The summed E-state index contributed by atoms with van der Waals surface area (Å²) in [5.74, 6) is -0.151. The van der Waals surface area contributed by atoms with Gasteiger partial charge in [0.1, 0.15) is 10.8 Å². The zero-order chi connectivity index (χ0) is 20.3. The highest BCUT2D eigenvalue weighted by Gasteiger charge is 2.13. The predicted molar refractivity (Wildman–Crippen MR) is 114 cm³/mol. The fourth-order valence-electron chi connectivity index (χ4n) is 2.49. The molecule has 0 amide bonds. The van der Waals surface area contributed by atoms with Gasteiger partial charge in [-0.25, -0.2) is 4.39 Å². The molecule has 0 aliphatic heterocycles. The SMILES string of the molecule is CC(=O)c1cccc(NC(=S)Nc2nn(Cc3c(F)cccc3Cl)cc2Cl)c1. The van der Waals surface area contributed by atoms with E-state index in [4.69, 9.17) is 35.4 Å². The van der Waals surface area contributed by atoms with Crippen LogP contribution < -0.4 is 10.6 Å². The molecule has 0 saturated heterocycles. The molecule has 9 heteroatoms. The van der Waals surface area contributed by atoms with Crippen LogP contribution in [0.4, 0.5) is 15.9 Å². The van der Waals surface area contributed by atoms with Crippen molar-refractivity contribution in [2.24, 2.45) is 0 Å². The molecular formula is C19H15Cl2FN4OS. The van der Waals surface area contributed by atoms with Crippen LogP contribution in [0, 0.1) is 5.82 Å². The molecule has 0 aliphatic carbocycles. The van der Waals surface area contributed by atoms with Gasteiger partial charge in [0.15, 0.2) is 16.7 Å². The van der Waals surface area contributed by atoms with Crippen molar-refractivity contribution in [3.8, 4) is 0 Å². The molecule has 0 radical (unpaired) electrons. The molecule has 0 fully saturated rings. The standard InChI is InChI=1S/C19H15Cl2FN4OS/c1-11(27)12-4-2-5-13(8-12)23-19(28)24-18-16(21)10-26(25-18)9-14-15(20)6-3-7-17(14)22/h2-8,10H,9H2,1H3,(H2,23,24,25,28). The average Bonchev–Trinajstić information content (AvgIpc) is 2.97. The summed E-state index contributed by atoms with van der Waals surface area (Å²) >= 11 is 17.5. The van der Waals surface area contributed by atoms with Crippen molar-refractivity contribution in [3.63, 3.8) is 0 Å². The number of aromatic nitrogens is 2. The minimum atomic E-state index is -0.420. The number of nitrogens with zero attached hydrogens (tertiary/aromatic N) is 2. The third-order valence-electron chi connectivity index (χ3n) is 3.86. The third-order valence-corrected chi connectivity index (χ3v) is 4.69. The maximum atomic E-state index is 14.0. The summed E-state index contributed by atoms with van der Waals surface area (Å²) in [6.07, 6.45) is 1.55. The number of halogens is 3. The molecule has 3 rings (SSSR count). The molecule has 3 aromatic rings. The van der Waals surface area contributed by atoms with Crippen molar-refractivity contribution < 1.29 is 9.18 Å². The highest BCUT2D eigenvalue weighted by atomic mass is 35.5. The van der Waals surface area contributed by atoms with E-state index < -0.39 is 5.82 Å². The van der Waals surface area contributed by atoms with Gasteiger partial charge in [-0.15, -0.1) is 0 Å². The van der Waals surface area contributed by atoms with Crippen molar-refractivity contribution in [1.29, 1.82) is 0 Å². The van der Waals surface area contributed by atoms with Gasteiger partial charge in [-0.05, 0) is 43.4 Å². The zero-order valence-corrected chi connectivity index (χ0v) is 17.0. The average molecular weight is 437 g/mol. The van der Waals surface area contributed by atoms with Gasteiger partial charge in [0.25, 0.3) is 0 Å². The molecule has 0 atom stereocenters. The summed E-state index contributed by atoms with van der Waals surface area (Å²) in [4.78, 5) is 11.5. The Morgan fingerprint density at radius 2 is 1.93 bits per heavy atom. The first-order chi connectivity index (χ1) is 13.3. The number of hydrogen-bond donors (Lipinski definition) is 2. The second-order valence-electron chi connectivity index (χ2n) is 5.94. The number of rotatable bonds is 5. The Hall–Kier alpha value is -2.48. The molecule has 0 aliphatic rings. The monoisotopic (exact) mass is 436 g/mol. The molecule has 28 heavy (non-hydrogen) atoms. The molecule has 0 saturated carbocycles. The summed E-state index contributed by atoms with van der Waals surface area (Å²) in [7, 11) is 0. The lowest BCUT2D eigenvalue weighted by molar-refractivity contribution is 0.101. The Balaban J connectivity index is 1.70. The third kappa shape index (κ3) is 4.86. The summed E-state index contributed by atoms with van der Waals surface area (Å²) in [5, 5.41) is 11.0. The van der Waals surface area contributed by atoms with Crippen LogP contribution in [0.2, 0.25) is 10.0 Å². The molecule has 144 valence electrons. The van der Waals surface area contributed by atoms with E-state index in [2.05, 4.69) is 15.7 Å². The topological polar surface area (TPSA) is 59.0 Å². The van der Waals surface area contributed by atoms with Crippen molar-refractivity contribution in [1.82, 2.24) is 9.78 Å². The van der Waals surface area contributed by atoms with Crippen molar-refractivity contribution >= 4 is 57.8 Å². The van der Waals surface area contributed by atoms with E-state index in [0.717, 1.165) is 0 Å². The van der Waals surface area contributed by atoms with Crippen LogP contribution in [-0.4, -0.2) is 20.7 Å². The van der Waals surface area contributed by atoms with Crippen LogP contribution in [0.5, 0.6) is 0 Å². The molecule has 0 unspecified atom stereocenters. The number of hydrogen-bond acceptors (Lipinski definition) is 3. The number of Topliss-reactive ketones (excluding diaryl/α,β-unsaturated/α-hetero) is 1. The first-order valence-electron chi connectivity index (χ1n) is 8.18. The lowest BCUT2D eigenvalue weighted by Crippen LogP contribution is -2.20. The number of thiocarbonyl (C=S) groups is 1. The smallest absolute Gasteiger partial charge is 0.176 e. The lowest BCUT2D eigenvalue weighted by Gasteiger charge is -2.10. The number of carbonyl (C=O) groups excluding carboxylic acids is 1. The van der Waals surface area contributed by atoms with Gasteiger partial charge in [0.05, 0.1) is 6.54 Å². The Morgan fingerprint density at radius 1 is 1.18 bits per heavy atom. The molecule has 5 nitrogen and oxygen atoms in total. The van der Waals surface area contributed by atoms with E-state index in [1.165, 1.54) is 23.7 Å². The van der Waals surface area contributed by atoms with Crippen molar-refractivity contribution in [3.05, 3.63) is 75.7 Å². The normalized spacial score (nSPS) is 10.6. The Kier molecular flexibility index (Phi) is 6.28. The number of benzene rings is 2. The highest BCUT2D eigenvalue weighted by molar-refractivity contribution is 7.80. The maximum absolute atomic E-state index is 14.0. The van der Waals surface area contributed by atoms with E-state index in [0.29, 0.717) is 32.7 Å². The van der Waals surface area contributed by atoms with Crippen LogP contribution in [0.3, 0.4) is 0 Å². The van der Waals surface area contributed by atoms with Gasteiger partial charge in [-0.1, -0.05) is 41.4 Å². The summed E-state index contributed by atoms with van der Waals surface area (Å²) in [6.45, 7) is 1.61. The minimum Gasteiger partial charge on any atom is -0.332 e. The number of ketones is 1. The molecule has 0 spiro atoms. The first-order valence-corrected chi connectivity index (χ1v) is 9.35. The summed E-state index contributed by atoms with van der Waals surface area (Å²) < 4.78 is 15.4. The van der Waals surface area contributed by atoms with Crippen LogP contribution >= 0.6 is 35.4 Å². The van der Waals surface area contributed by atoms with E-state index in [1.54, 1.807) is 36.5 Å². The van der Waals surface area contributed by atoms with Crippen LogP contribution in [0.1, 0.15) is 22.8 Å². The molecule has 1 heterocycles. The van der Waals surface area contributed by atoms with Gasteiger partial charge in [0, 0.05) is 28.0 Å². The summed E-state index contributed by atoms with van der Waals surface area (Å²) in [5.41, 5.74) is 1.53. The van der Waals surface area contributed by atoms with Crippen LogP contribution in [0.15, 0.2) is 48.7 Å². The molecular weight excluding hydrogens is 422 g/mol. The zero-order valence-electron chi connectivity index (χ0n) is 14.7. The second kappa shape index (κ2) is 8.68. The molecule has 1 aromatic heterocycles. The number of carbonyl (C=O) groups is 1. The van der Waals surface area contributed by atoms with E-state index in [9.17, 15) is 9.18 Å². The maximum Gasteiger partial charge on any atom is 0.176 e. The van der Waals surface area contributed by atoms with E-state index in [-0.39, 0.29) is 17.4 Å². The Bertz CT molecular complexity index is 1030. The quantitative estimate of drug-likeness (QED) is 0.414. The lowest BCUT2D eigenvalue weighted by atomic mass is 10.1. The first kappa shape index (κ1) is 20.3. The van der Waals surface area contributed by atoms with Gasteiger partial charge in [0.2, 0.25) is 0 Å². The Labute approximate surface area is 176 Å².